The van der Waals surface area contributed by atoms with Gasteiger partial charge in [-0.15, -0.1) is 0 Å². The number of carbonyl (C=O) groups is 2. The number of rotatable bonds is 4. The number of hydrogen-bond donors (Lipinski definition) is 0. The molecule has 0 fully saturated rings. The van der Waals surface area contributed by atoms with Crippen LogP contribution in [-0.2, 0) is 45.3 Å². The van der Waals surface area contributed by atoms with E-state index in [1.165, 1.54) is 0 Å². The molecule has 2 rings (SSSR count). The van der Waals surface area contributed by atoms with Crippen LogP contribution in [0.3, 0.4) is 0 Å². The molecule has 0 aliphatic heterocycles. The van der Waals surface area contributed by atoms with Crippen molar-refractivity contribution in [3.63, 3.8) is 0 Å². The van der Waals surface area contributed by atoms with Crippen molar-refractivity contribution < 1.29 is 38.8 Å². The molecule has 0 atom stereocenters. The van der Waals surface area contributed by atoms with Crippen LogP contribution in [-0.4, -0.2) is 16.2 Å². The van der Waals surface area contributed by atoms with E-state index in [-0.39, 0.29) is 10.6 Å². The Morgan fingerprint density at radius 1 is 0.864 bits per heavy atom. The number of benzene rings is 2. The van der Waals surface area contributed by atoms with E-state index in [4.69, 9.17) is 0 Å². The average Bonchev–Trinajstić information content (AvgIpc) is 2.55. The topological polar surface area (TPSA) is 69.7 Å². The van der Waals surface area contributed by atoms with E-state index >= 15 is 0 Å². The molecule has 0 N–H and O–H groups in total. The zero-order chi connectivity index (χ0) is 15.8. The van der Waals surface area contributed by atoms with Gasteiger partial charge in [-0.2, -0.15) is 0 Å². The molecule has 0 aliphatic rings. The Bertz CT molecular complexity index is 706. The summed E-state index contributed by atoms with van der Waals surface area (Å²) in [6, 6.07) is 17.4. The first kappa shape index (κ1) is 16.0. The van der Waals surface area contributed by atoms with Crippen molar-refractivity contribution in [1.82, 2.24) is 0 Å². The standard InChI is InChI=1S/C16H12O4.O.V/c17-15(11-13-7-3-1-4-8-13)19-20-16(18)12-14-9-5-2-6-10-14;;/h1-10H,11H2;;. The monoisotopic (exact) mass is 335 g/mol. The third kappa shape index (κ3) is 4.58. The minimum absolute atomic E-state index is 0.00404. The van der Waals surface area contributed by atoms with Gasteiger partial charge in [0.2, 0.25) is 0 Å². The van der Waals surface area contributed by atoms with E-state index in [2.05, 4.69) is 9.78 Å². The Labute approximate surface area is 133 Å². The Balaban J connectivity index is 1.92. The molecule has 22 heavy (non-hydrogen) atoms. The van der Waals surface area contributed by atoms with Crippen LogP contribution < -0.4 is 0 Å². The quantitative estimate of drug-likeness (QED) is 0.630. The van der Waals surface area contributed by atoms with E-state index in [0.29, 0.717) is 5.56 Å². The van der Waals surface area contributed by atoms with Gasteiger partial charge in [-0.05, 0) is 0 Å². The molecule has 2 aromatic carbocycles. The van der Waals surface area contributed by atoms with E-state index in [1.54, 1.807) is 54.6 Å². The summed E-state index contributed by atoms with van der Waals surface area (Å²) in [7, 11) is 0. The maximum absolute atomic E-state index is 11.8. The fraction of sp³-hybridized carbons (Fsp3) is 0.0625. The molecule has 0 heterocycles. The van der Waals surface area contributed by atoms with Crippen molar-refractivity contribution in [1.29, 1.82) is 0 Å². The Hall–Kier alpha value is -2.37. The van der Waals surface area contributed by atoms with Gasteiger partial charge in [0.15, 0.2) is 0 Å². The summed E-state index contributed by atoms with van der Waals surface area (Å²) in [4.78, 5) is 32.4. The molecule has 0 amide bonds. The predicted octanol–water partition coefficient (Wildman–Crippen LogP) is 1.88. The second-order valence-corrected chi connectivity index (χ2v) is 5.28. The minimum atomic E-state index is -1.61. The summed E-state index contributed by atoms with van der Waals surface area (Å²) in [6.07, 6.45) is -0.0140. The summed E-state index contributed by atoms with van der Waals surface area (Å²) in [5.41, 5.74) is 1.23. The summed E-state index contributed by atoms with van der Waals surface area (Å²) in [6.45, 7) is 0. The Kier molecular flexibility index (Phi) is 5.95. The zero-order valence-electron chi connectivity index (χ0n) is 11.5. The third-order valence-electron chi connectivity index (χ3n) is 2.73. The van der Waals surface area contributed by atoms with Gasteiger partial charge in [0.1, 0.15) is 0 Å². The molecule has 6 heteroatoms. The normalized spacial score (nSPS) is 9.45. The Morgan fingerprint density at radius 3 is 2.05 bits per heavy atom. The summed E-state index contributed by atoms with van der Waals surface area (Å²) in [5, 5.41) is 0. The van der Waals surface area contributed by atoms with Crippen LogP contribution in [0, 0.1) is 0 Å². The van der Waals surface area contributed by atoms with Gasteiger partial charge in [-0.3, -0.25) is 0 Å². The van der Waals surface area contributed by atoms with Crippen LogP contribution in [0.5, 0.6) is 0 Å². The Morgan fingerprint density at radius 2 is 1.45 bits per heavy atom. The fourth-order valence-corrected chi connectivity index (χ4v) is 2.29. The molecule has 5 nitrogen and oxygen atoms in total. The first-order valence-corrected chi connectivity index (χ1v) is 7.69. The van der Waals surface area contributed by atoms with Crippen LogP contribution in [0.2, 0.25) is 0 Å². The van der Waals surface area contributed by atoms with Gasteiger partial charge in [0.25, 0.3) is 0 Å². The van der Waals surface area contributed by atoms with E-state index in [1.807, 2.05) is 6.07 Å². The van der Waals surface area contributed by atoms with Gasteiger partial charge in [-0.25, -0.2) is 0 Å². The molecule has 0 unspecified atom stereocenters. The first-order chi connectivity index (χ1) is 10.7. The average molecular weight is 335 g/mol. The van der Waals surface area contributed by atoms with E-state index < -0.39 is 27.7 Å². The maximum atomic E-state index is 11.8. The number of carbonyl (C=O) groups excluding carboxylic acids is 2. The fourth-order valence-electron chi connectivity index (χ4n) is 1.72. The zero-order valence-corrected chi connectivity index (χ0v) is 12.9. The predicted molar refractivity (Wildman–Crippen MR) is 73.6 cm³/mol. The van der Waals surface area contributed by atoms with Gasteiger partial charge < -0.3 is 0 Å². The van der Waals surface area contributed by atoms with Gasteiger partial charge >= 0.3 is 133 Å². The molecule has 0 bridgehead atoms. The molecule has 0 aliphatic carbocycles. The molecule has 0 saturated carbocycles. The first-order valence-electron chi connectivity index (χ1n) is 6.42. The molecule has 0 saturated heterocycles. The molecule has 0 aromatic heterocycles. The molecule has 111 valence electrons. The van der Waals surface area contributed by atoms with Crippen molar-refractivity contribution in [2.45, 2.75) is 6.42 Å². The molecule has 2 aromatic rings. The van der Waals surface area contributed by atoms with Crippen molar-refractivity contribution in [2.24, 2.45) is 0 Å². The van der Waals surface area contributed by atoms with Crippen LogP contribution in [0.15, 0.2) is 60.7 Å². The van der Waals surface area contributed by atoms with Crippen LogP contribution in [0.1, 0.15) is 11.1 Å². The second-order valence-electron chi connectivity index (χ2n) is 4.29. The molecule has 0 radical (unpaired) electrons. The molecular weight excluding hydrogens is 323 g/mol. The van der Waals surface area contributed by atoms with Crippen molar-refractivity contribution in [2.75, 3.05) is 0 Å². The summed E-state index contributed by atoms with van der Waals surface area (Å²) < 4.78 is 11.2. The van der Waals surface area contributed by atoms with Crippen molar-refractivity contribution >= 4 is 16.2 Å². The third-order valence-corrected chi connectivity index (χ3v) is 3.71. The van der Waals surface area contributed by atoms with Crippen LogP contribution >= 0.6 is 0 Å². The van der Waals surface area contributed by atoms with Crippen LogP contribution in [0.25, 0.3) is 0 Å². The van der Waals surface area contributed by atoms with Crippen molar-refractivity contribution in [3.8, 4) is 0 Å². The second kappa shape index (κ2) is 8.17. The van der Waals surface area contributed by atoms with Gasteiger partial charge in [-0.1, -0.05) is 0 Å². The van der Waals surface area contributed by atoms with Gasteiger partial charge in [0.05, 0.1) is 0 Å². The molecule has 0 spiro atoms. The summed E-state index contributed by atoms with van der Waals surface area (Å²) in [5.74, 6) is -1.61. The van der Waals surface area contributed by atoms with Crippen LogP contribution in [0.4, 0.5) is 0 Å². The van der Waals surface area contributed by atoms with Crippen molar-refractivity contribution in [3.05, 3.63) is 71.8 Å². The molecular formula is C16H12O5V. The van der Waals surface area contributed by atoms with E-state index in [9.17, 15) is 13.3 Å². The number of hydrogen-bond acceptors (Lipinski definition) is 5. The van der Waals surface area contributed by atoms with Gasteiger partial charge in [0, 0.05) is 0 Å². The van der Waals surface area contributed by atoms with E-state index in [0.717, 1.165) is 5.56 Å². The SMILES string of the molecule is [O]=[V]=[C](C(=O)OOC(=O)Cc1ccccc1)c1ccccc1. The summed E-state index contributed by atoms with van der Waals surface area (Å²) >= 11 is -1.61.